The molecule has 0 unspecified atom stereocenters. The maximum Gasteiger partial charge on any atom is 0.233 e. The quantitative estimate of drug-likeness (QED) is 0.568. The number of carbonyl (C=O) groups excluding carboxylic acids is 1. The third-order valence-electron chi connectivity index (χ3n) is 4.56. The summed E-state index contributed by atoms with van der Waals surface area (Å²) in [5, 5.41) is 13.0. The average molecular weight is 446 g/mol. The first-order valence-electron chi connectivity index (χ1n) is 9.24. The first-order chi connectivity index (χ1) is 14.2. The Morgan fingerprint density at radius 1 is 1.07 bits per heavy atom. The zero-order valence-electron chi connectivity index (χ0n) is 15.6. The van der Waals surface area contributed by atoms with Gasteiger partial charge in [-0.15, -0.1) is 10.2 Å². The van der Waals surface area contributed by atoms with E-state index in [2.05, 4.69) is 26.5 Å². The Kier molecular flexibility index (Phi) is 6.53. The highest BCUT2D eigenvalue weighted by atomic mass is 35.5. The lowest BCUT2D eigenvalue weighted by atomic mass is 10.2. The van der Waals surface area contributed by atoms with Crippen LogP contribution in [0.4, 0.5) is 16.5 Å². The monoisotopic (exact) mass is 445 g/mol. The van der Waals surface area contributed by atoms with Crippen molar-refractivity contribution in [2.75, 3.05) is 42.1 Å². The van der Waals surface area contributed by atoms with E-state index in [0.29, 0.717) is 18.8 Å². The number of hydrogen-bond donors (Lipinski definition) is 1. The van der Waals surface area contributed by atoms with Gasteiger partial charge in [0.1, 0.15) is 0 Å². The van der Waals surface area contributed by atoms with E-state index in [4.69, 9.17) is 11.6 Å². The van der Waals surface area contributed by atoms with Crippen LogP contribution >= 0.6 is 34.7 Å². The summed E-state index contributed by atoms with van der Waals surface area (Å²) in [7, 11) is 0. The van der Waals surface area contributed by atoms with Crippen molar-refractivity contribution in [1.82, 2.24) is 15.1 Å². The van der Waals surface area contributed by atoms with Gasteiger partial charge in [-0.2, -0.15) is 0 Å². The zero-order valence-corrected chi connectivity index (χ0v) is 18.0. The molecule has 1 fully saturated rings. The second kappa shape index (κ2) is 9.47. The van der Waals surface area contributed by atoms with Crippen LogP contribution in [0.2, 0.25) is 5.02 Å². The number of rotatable bonds is 6. The summed E-state index contributed by atoms with van der Waals surface area (Å²) in [4.78, 5) is 16.7. The van der Waals surface area contributed by atoms with Crippen molar-refractivity contribution in [3.8, 4) is 0 Å². The van der Waals surface area contributed by atoms with E-state index in [0.717, 1.165) is 39.0 Å². The van der Waals surface area contributed by atoms with Crippen LogP contribution in [0.25, 0.3) is 0 Å². The highest BCUT2D eigenvalue weighted by molar-refractivity contribution is 8.01. The van der Waals surface area contributed by atoms with E-state index >= 15 is 0 Å². The van der Waals surface area contributed by atoms with Crippen molar-refractivity contribution in [1.29, 1.82) is 0 Å². The van der Waals surface area contributed by atoms with Gasteiger partial charge in [0.2, 0.25) is 11.0 Å². The molecule has 1 aliphatic heterocycles. The standard InChI is InChI=1S/C20H20ClN5OS2/c21-15-5-4-8-17(13-15)25-9-11-26(12-10-25)18(27)14-28-20-24-23-19(29-20)22-16-6-2-1-3-7-16/h1-8,13H,9-12,14H2,(H,22,23). The summed E-state index contributed by atoms with van der Waals surface area (Å²) >= 11 is 8.97. The molecule has 2 heterocycles. The normalized spacial score (nSPS) is 14.1. The summed E-state index contributed by atoms with van der Waals surface area (Å²) in [6, 6.07) is 17.7. The molecule has 2 aromatic carbocycles. The van der Waals surface area contributed by atoms with Crippen molar-refractivity contribution in [3.05, 3.63) is 59.6 Å². The van der Waals surface area contributed by atoms with Crippen LogP contribution in [0.3, 0.4) is 0 Å². The number of halogens is 1. The molecular formula is C20H20ClN5OS2. The largest absolute Gasteiger partial charge is 0.368 e. The Labute approximate surface area is 182 Å². The molecule has 3 aromatic rings. The number of nitrogens with one attached hydrogen (secondary N) is 1. The molecule has 1 aromatic heterocycles. The zero-order chi connectivity index (χ0) is 20.1. The molecule has 0 spiro atoms. The molecule has 4 rings (SSSR count). The minimum atomic E-state index is 0.133. The number of piperazine rings is 1. The number of carbonyl (C=O) groups is 1. The minimum Gasteiger partial charge on any atom is -0.368 e. The number of para-hydroxylation sites is 1. The highest BCUT2D eigenvalue weighted by Gasteiger charge is 2.22. The van der Waals surface area contributed by atoms with E-state index < -0.39 is 0 Å². The molecule has 1 saturated heterocycles. The molecule has 6 nitrogen and oxygen atoms in total. The van der Waals surface area contributed by atoms with Crippen LogP contribution in [0.15, 0.2) is 58.9 Å². The van der Waals surface area contributed by atoms with E-state index in [1.807, 2.05) is 53.4 Å². The van der Waals surface area contributed by atoms with Gasteiger partial charge in [-0.1, -0.05) is 59.0 Å². The van der Waals surface area contributed by atoms with Gasteiger partial charge in [-0.05, 0) is 30.3 Å². The Bertz CT molecular complexity index is 960. The first-order valence-corrected chi connectivity index (χ1v) is 11.4. The molecule has 0 aliphatic carbocycles. The van der Waals surface area contributed by atoms with Gasteiger partial charge in [-0.3, -0.25) is 4.79 Å². The lowest BCUT2D eigenvalue weighted by molar-refractivity contribution is -0.128. The van der Waals surface area contributed by atoms with E-state index in [1.54, 1.807) is 0 Å². The second-order valence-corrected chi connectivity index (χ2v) is 9.14. The third kappa shape index (κ3) is 5.41. The predicted octanol–water partition coefficient (Wildman–Crippen LogP) is 4.38. The van der Waals surface area contributed by atoms with Crippen molar-refractivity contribution in [3.63, 3.8) is 0 Å². The van der Waals surface area contributed by atoms with Crippen LogP contribution in [0, 0.1) is 0 Å². The van der Waals surface area contributed by atoms with Gasteiger partial charge < -0.3 is 15.1 Å². The molecule has 0 atom stereocenters. The maximum atomic E-state index is 12.6. The lowest BCUT2D eigenvalue weighted by Gasteiger charge is -2.36. The van der Waals surface area contributed by atoms with Gasteiger partial charge in [0.05, 0.1) is 5.75 Å². The fourth-order valence-corrected chi connectivity index (χ4v) is 4.92. The van der Waals surface area contributed by atoms with Crippen molar-refractivity contribution in [2.24, 2.45) is 0 Å². The molecule has 1 amide bonds. The van der Waals surface area contributed by atoms with Crippen LogP contribution in [-0.2, 0) is 4.79 Å². The number of benzene rings is 2. The molecule has 1 aliphatic rings. The average Bonchev–Trinajstić information content (AvgIpc) is 3.20. The fraction of sp³-hybridized carbons (Fsp3) is 0.250. The molecule has 9 heteroatoms. The summed E-state index contributed by atoms with van der Waals surface area (Å²) < 4.78 is 0.786. The van der Waals surface area contributed by atoms with Gasteiger partial charge in [0, 0.05) is 42.6 Å². The summed E-state index contributed by atoms with van der Waals surface area (Å²) in [5.74, 6) is 0.505. The van der Waals surface area contributed by atoms with Gasteiger partial charge in [-0.25, -0.2) is 0 Å². The second-order valence-electron chi connectivity index (χ2n) is 6.50. The SMILES string of the molecule is O=C(CSc1nnc(Nc2ccccc2)s1)N1CCN(c2cccc(Cl)c2)CC1. The minimum absolute atomic E-state index is 0.133. The van der Waals surface area contributed by atoms with Crippen LogP contribution in [0.1, 0.15) is 0 Å². The third-order valence-corrected chi connectivity index (χ3v) is 6.75. The number of anilines is 3. The van der Waals surface area contributed by atoms with E-state index in [-0.39, 0.29) is 5.91 Å². The Hall–Kier alpha value is -2.29. The predicted molar refractivity (Wildman–Crippen MR) is 121 cm³/mol. The maximum absolute atomic E-state index is 12.6. The van der Waals surface area contributed by atoms with Gasteiger partial charge >= 0.3 is 0 Å². The van der Waals surface area contributed by atoms with Crippen molar-refractivity contribution in [2.45, 2.75) is 4.34 Å². The molecule has 1 N–H and O–H groups in total. The molecule has 150 valence electrons. The molecular weight excluding hydrogens is 426 g/mol. The van der Waals surface area contributed by atoms with Crippen LogP contribution in [0.5, 0.6) is 0 Å². The Balaban J connectivity index is 1.24. The summed E-state index contributed by atoms with van der Waals surface area (Å²) in [6.45, 7) is 3.03. The van der Waals surface area contributed by atoms with Crippen LogP contribution in [-0.4, -0.2) is 52.9 Å². The summed E-state index contributed by atoms with van der Waals surface area (Å²) in [5.41, 5.74) is 2.07. The molecule has 0 bridgehead atoms. The molecule has 0 saturated carbocycles. The number of amides is 1. The molecule has 29 heavy (non-hydrogen) atoms. The fourth-order valence-electron chi connectivity index (χ4n) is 3.07. The Morgan fingerprint density at radius 2 is 1.86 bits per heavy atom. The molecule has 0 radical (unpaired) electrons. The van der Waals surface area contributed by atoms with Gasteiger partial charge in [0.15, 0.2) is 4.34 Å². The summed E-state index contributed by atoms with van der Waals surface area (Å²) in [6.07, 6.45) is 0. The smallest absolute Gasteiger partial charge is 0.233 e. The number of nitrogens with zero attached hydrogens (tertiary/aromatic N) is 4. The lowest BCUT2D eigenvalue weighted by Crippen LogP contribution is -2.49. The Morgan fingerprint density at radius 3 is 2.62 bits per heavy atom. The number of aromatic nitrogens is 2. The van der Waals surface area contributed by atoms with Crippen molar-refractivity contribution >= 4 is 57.1 Å². The number of thioether (sulfide) groups is 1. The van der Waals surface area contributed by atoms with E-state index in [1.165, 1.54) is 23.1 Å². The number of hydrogen-bond acceptors (Lipinski definition) is 7. The van der Waals surface area contributed by atoms with Crippen molar-refractivity contribution < 1.29 is 4.79 Å². The highest BCUT2D eigenvalue weighted by Crippen LogP contribution is 2.28. The first kappa shape index (κ1) is 20.0. The van der Waals surface area contributed by atoms with Gasteiger partial charge in [0.25, 0.3) is 0 Å². The van der Waals surface area contributed by atoms with Crippen LogP contribution < -0.4 is 10.2 Å². The topological polar surface area (TPSA) is 61.4 Å². The van der Waals surface area contributed by atoms with E-state index in [9.17, 15) is 4.79 Å².